The van der Waals surface area contributed by atoms with Gasteiger partial charge in [0.15, 0.2) is 0 Å². The number of anilines is 1. The van der Waals surface area contributed by atoms with E-state index in [1.165, 1.54) is 23.5 Å². The molecule has 3 heterocycles. The maximum Gasteiger partial charge on any atom is 0.410 e. The van der Waals surface area contributed by atoms with Gasteiger partial charge >= 0.3 is 6.09 Å². The van der Waals surface area contributed by atoms with E-state index in [0.29, 0.717) is 31.7 Å². The summed E-state index contributed by atoms with van der Waals surface area (Å²) in [7, 11) is 0. The average molecular weight is 428 g/mol. The second-order valence-electron chi connectivity index (χ2n) is 6.88. The molecule has 0 aliphatic carbocycles. The van der Waals surface area contributed by atoms with Gasteiger partial charge < -0.3 is 20.3 Å². The molecule has 0 bridgehead atoms. The third-order valence-electron chi connectivity index (χ3n) is 4.97. The number of hydrogen-bond acceptors (Lipinski definition) is 7. The number of nitrogens with one attached hydrogen (secondary N) is 2. The number of amides is 2. The number of nitrogens with zero attached hydrogens (tertiary/aromatic N) is 2. The number of carbonyl (C=O) groups is 2. The predicted octanol–water partition coefficient (Wildman–Crippen LogP) is 3.37. The normalized spacial score (nSPS) is 17.7. The minimum Gasteiger partial charge on any atom is -0.450 e. The molecule has 1 aromatic carbocycles. The fourth-order valence-electron chi connectivity index (χ4n) is 3.52. The van der Waals surface area contributed by atoms with E-state index in [-0.39, 0.29) is 17.7 Å². The second-order valence-corrected chi connectivity index (χ2v) is 7.99. The van der Waals surface area contributed by atoms with E-state index in [1.54, 1.807) is 36.1 Å². The topological polar surface area (TPSA) is 114 Å². The number of benzene rings is 1. The molecule has 4 rings (SSSR count). The predicted molar refractivity (Wildman–Crippen MR) is 112 cm³/mol. The molecule has 2 N–H and O–H groups in total. The molecule has 0 fully saturated rings. The van der Waals surface area contributed by atoms with Crippen LogP contribution in [0.25, 0.3) is 6.08 Å². The highest BCUT2D eigenvalue weighted by molar-refractivity contribution is 7.16. The van der Waals surface area contributed by atoms with Crippen molar-refractivity contribution >= 4 is 40.1 Å². The van der Waals surface area contributed by atoms with E-state index in [1.807, 2.05) is 0 Å². The Labute approximate surface area is 176 Å². The van der Waals surface area contributed by atoms with Gasteiger partial charge in [0.2, 0.25) is 0 Å². The number of thiophene rings is 1. The second kappa shape index (κ2) is 8.15. The minimum atomic E-state index is -0.445. The number of rotatable bonds is 4. The molecule has 9 nitrogen and oxygen atoms in total. The summed E-state index contributed by atoms with van der Waals surface area (Å²) in [5.41, 5.74) is 2.46. The van der Waals surface area contributed by atoms with Crippen molar-refractivity contribution < 1.29 is 19.2 Å². The molecule has 0 radical (unpaired) electrons. The highest BCUT2D eigenvalue weighted by Crippen LogP contribution is 2.39. The fraction of sp³-hybridized carbons (Fsp3) is 0.300. The van der Waals surface area contributed by atoms with Crippen LogP contribution in [-0.4, -0.2) is 41.1 Å². The molecular formula is C20H20N4O5S. The first-order chi connectivity index (χ1) is 14.5. The van der Waals surface area contributed by atoms with E-state index in [4.69, 9.17) is 4.74 Å². The van der Waals surface area contributed by atoms with Crippen molar-refractivity contribution in [1.82, 2.24) is 10.2 Å². The molecule has 2 amide bonds. The lowest BCUT2D eigenvalue weighted by Crippen LogP contribution is -2.43. The van der Waals surface area contributed by atoms with Crippen LogP contribution in [0.2, 0.25) is 0 Å². The number of non-ortho nitro benzene ring substituents is 1. The van der Waals surface area contributed by atoms with Gasteiger partial charge in [-0.1, -0.05) is 6.08 Å². The Bertz CT molecular complexity index is 1030. The number of nitro groups is 1. The van der Waals surface area contributed by atoms with Crippen LogP contribution >= 0.6 is 11.3 Å². The van der Waals surface area contributed by atoms with Gasteiger partial charge in [0.25, 0.3) is 11.6 Å². The largest absolute Gasteiger partial charge is 0.450 e. The van der Waals surface area contributed by atoms with Gasteiger partial charge in [-0.2, -0.15) is 0 Å². The SMILES string of the molecule is CCOC(=O)N1CCc2c(sc3c2C(=O)N[C@@H](/C=C\c2ccc([N+](=O)[O-])cc2)N3)C1. The van der Waals surface area contributed by atoms with E-state index in [2.05, 4.69) is 10.6 Å². The number of hydrogen-bond donors (Lipinski definition) is 2. The lowest BCUT2D eigenvalue weighted by molar-refractivity contribution is -0.384. The Hall–Kier alpha value is -3.40. The summed E-state index contributed by atoms with van der Waals surface area (Å²) in [6.45, 7) is 3.06. The van der Waals surface area contributed by atoms with E-state index >= 15 is 0 Å². The summed E-state index contributed by atoms with van der Waals surface area (Å²) in [5.74, 6) is -0.149. The summed E-state index contributed by atoms with van der Waals surface area (Å²) >= 11 is 1.48. The molecule has 10 heteroatoms. The molecule has 0 saturated heterocycles. The van der Waals surface area contributed by atoms with Gasteiger partial charge in [0.1, 0.15) is 11.2 Å². The molecule has 2 aromatic rings. The zero-order valence-corrected chi connectivity index (χ0v) is 17.0. The Morgan fingerprint density at radius 3 is 2.83 bits per heavy atom. The Morgan fingerprint density at radius 1 is 1.37 bits per heavy atom. The smallest absolute Gasteiger partial charge is 0.410 e. The van der Waals surface area contributed by atoms with Crippen molar-refractivity contribution in [3.8, 4) is 0 Å². The zero-order chi connectivity index (χ0) is 21.3. The van der Waals surface area contributed by atoms with Crippen LogP contribution in [0.5, 0.6) is 0 Å². The highest BCUT2D eigenvalue weighted by atomic mass is 32.1. The lowest BCUT2D eigenvalue weighted by Gasteiger charge is -2.27. The standard InChI is InChI=1S/C20H20N4O5S/c1-2-29-20(26)23-10-9-14-15(11-23)30-19-17(14)18(25)21-16(22-19)8-5-12-3-6-13(7-4-12)24(27)28/h3-8,16,22H,2,9-11H2,1H3,(H,21,25)/b8-5-/t16-/m1/s1. The lowest BCUT2D eigenvalue weighted by atomic mass is 10.0. The maximum atomic E-state index is 12.7. The first-order valence-corrected chi connectivity index (χ1v) is 10.3. The first-order valence-electron chi connectivity index (χ1n) is 9.52. The molecule has 1 aromatic heterocycles. The van der Waals surface area contributed by atoms with Gasteiger partial charge in [0, 0.05) is 23.6 Å². The third kappa shape index (κ3) is 3.86. The van der Waals surface area contributed by atoms with Crippen LogP contribution in [-0.2, 0) is 17.7 Å². The number of ether oxygens (including phenoxy) is 1. The first kappa shape index (κ1) is 19.9. The fourth-order valence-corrected chi connectivity index (χ4v) is 4.82. The summed E-state index contributed by atoms with van der Waals surface area (Å²) < 4.78 is 5.08. The van der Waals surface area contributed by atoms with E-state index in [9.17, 15) is 19.7 Å². The van der Waals surface area contributed by atoms with Crippen LogP contribution < -0.4 is 10.6 Å². The monoisotopic (exact) mass is 428 g/mol. The van der Waals surface area contributed by atoms with Crippen molar-refractivity contribution in [3.05, 3.63) is 62.0 Å². The molecule has 2 aliphatic heterocycles. The number of carbonyl (C=O) groups excluding carboxylic acids is 2. The maximum absolute atomic E-state index is 12.7. The van der Waals surface area contributed by atoms with Crippen LogP contribution in [0.1, 0.15) is 33.3 Å². The Kier molecular flexibility index (Phi) is 5.40. The van der Waals surface area contributed by atoms with Gasteiger partial charge in [-0.05, 0) is 42.7 Å². The highest BCUT2D eigenvalue weighted by Gasteiger charge is 2.33. The number of nitro benzene ring substituents is 1. The summed E-state index contributed by atoms with van der Waals surface area (Å²) in [5, 5.41) is 17.8. The van der Waals surface area contributed by atoms with Crippen molar-refractivity contribution in [2.75, 3.05) is 18.5 Å². The Balaban J connectivity index is 1.48. The Morgan fingerprint density at radius 2 is 2.13 bits per heavy atom. The summed E-state index contributed by atoms with van der Waals surface area (Å²) in [6.07, 6.45) is 3.46. The van der Waals surface area contributed by atoms with Gasteiger partial charge in [-0.3, -0.25) is 14.9 Å². The molecular weight excluding hydrogens is 408 g/mol. The van der Waals surface area contributed by atoms with Gasteiger partial charge in [-0.25, -0.2) is 4.79 Å². The quantitative estimate of drug-likeness (QED) is 0.570. The van der Waals surface area contributed by atoms with Crippen molar-refractivity contribution in [1.29, 1.82) is 0 Å². The van der Waals surface area contributed by atoms with E-state index < -0.39 is 11.1 Å². The van der Waals surface area contributed by atoms with Crippen LogP contribution in [0.15, 0.2) is 30.3 Å². The molecule has 0 unspecified atom stereocenters. The molecule has 30 heavy (non-hydrogen) atoms. The summed E-state index contributed by atoms with van der Waals surface area (Å²) in [4.78, 5) is 37.7. The molecule has 0 saturated carbocycles. The average Bonchev–Trinajstić information content (AvgIpc) is 3.10. The number of fused-ring (bicyclic) bond motifs is 3. The van der Waals surface area contributed by atoms with E-state index in [0.717, 1.165) is 21.0 Å². The van der Waals surface area contributed by atoms with Crippen molar-refractivity contribution in [3.63, 3.8) is 0 Å². The van der Waals surface area contributed by atoms with Crippen LogP contribution in [0.3, 0.4) is 0 Å². The molecule has 1 atom stereocenters. The third-order valence-corrected chi connectivity index (χ3v) is 6.12. The van der Waals surface area contributed by atoms with Crippen molar-refractivity contribution in [2.45, 2.75) is 26.1 Å². The molecule has 156 valence electrons. The van der Waals surface area contributed by atoms with Gasteiger partial charge in [0.05, 0.1) is 23.6 Å². The molecule has 0 spiro atoms. The minimum absolute atomic E-state index is 0.0296. The summed E-state index contributed by atoms with van der Waals surface area (Å²) in [6, 6.07) is 6.18. The van der Waals surface area contributed by atoms with Gasteiger partial charge in [-0.15, -0.1) is 11.3 Å². The van der Waals surface area contributed by atoms with Crippen LogP contribution in [0.4, 0.5) is 15.5 Å². The zero-order valence-electron chi connectivity index (χ0n) is 16.2. The molecule has 2 aliphatic rings. The van der Waals surface area contributed by atoms with Crippen molar-refractivity contribution in [2.24, 2.45) is 0 Å². The van der Waals surface area contributed by atoms with Crippen LogP contribution in [0, 0.1) is 10.1 Å².